The van der Waals surface area contributed by atoms with E-state index in [2.05, 4.69) is 38.4 Å². The van der Waals surface area contributed by atoms with Gasteiger partial charge in [0.1, 0.15) is 5.82 Å². The summed E-state index contributed by atoms with van der Waals surface area (Å²) in [5.41, 5.74) is 1.02. The number of para-hydroxylation sites is 1. The van der Waals surface area contributed by atoms with Crippen molar-refractivity contribution in [2.24, 2.45) is 0 Å². The maximum absolute atomic E-state index is 4.71. The highest BCUT2D eigenvalue weighted by atomic mass is 15.3. The Bertz CT molecular complexity index is 790. The minimum absolute atomic E-state index is 0.362. The Morgan fingerprint density at radius 1 is 1.00 bits per heavy atom. The monoisotopic (exact) mass is 305 g/mol. The van der Waals surface area contributed by atoms with Crippen LogP contribution in [0.4, 0.5) is 11.8 Å². The summed E-state index contributed by atoms with van der Waals surface area (Å²) in [6.07, 6.45) is 5.86. The van der Waals surface area contributed by atoms with Gasteiger partial charge in [-0.1, -0.05) is 18.2 Å². The van der Waals surface area contributed by atoms with Crippen molar-refractivity contribution in [3.05, 3.63) is 54.9 Å². The van der Waals surface area contributed by atoms with E-state index in [4.69, 9.17) is 4.98 Å². The summed E-state index contributed by atoms with van der Waals surface area (Å²) >= 11 is 0. The maximum atomic E-state index is 4.71. The number of piperidine rings is 1. The van der Waals surface area contributed by atoms with Crippen LogP contribution in [0.1, 0.15) is 12.8 Å². The number of fused-ring (bicyclic) bond motifs is 1. The van der Waals surface area contributed by atoms with Gasteiger partial charge in [-0.05, 0) is 37.1 Å². The van der Waals surface area contributed by atoms with Crippen molar-refractivity contribution in [2.45, 2.75) is 18.9 Å². The lowest BCUT2D eigenvalue weighted by atomic mass is 10.1. The van der Waals surface area contributed by atoms with Gasteiger partial charge in [0.2, 0.25) is 5.95 Å². The predicted molar refractivity (Wildman–Crippen MR) is 92.6 cm³/mol. The molecule has 1 atom stereocenters. The lowest BCUT2D eigenvalue weighted by Gasteiger charge is -2.33. The van der Waals surface area contributed by atoms with Gasteiger partial charge in [0.05, 0.1) is 5.52 Å². The Labute approximate surface area is 135 Å². The van der Waals surface area contributed by atoms with Crippen LogP contribution in [-0.4, -0.2) is 34.1 Å². The second kappa shape index (κ2) is 6.20. The van der Waals surface area contributed by atoms with Gasteiger partial charge < -0.3 is 10.2 Å². The number of hydrogen-bond donors (Lipinski definition) is 1. The molecule has 1 aliphatic heterocycles. The molecule has 0 spiro atoms. The van der Waals surface area contributed by atoms with E-state index in [0.29, 0.717) is 6.04 Å². The average Bonchev–Trinajstić information content (AvgIpc) is 2.63. The van der Waals surface area contributed by atoms with Crippen LogP contribution in [0.2, 0.25) is 0 Å². The molecule has 4 rings (SSSR count). The number of aromatic nitrogens is 3. The van der Waals surface area contributed by atoms with Crippen LogP contribution >= 0.6 is 0 Å². The number of hydrogen-bond acceptors (Lipinski definition) is 5. The summed E-state index contributed by atoms with van der Waals surface area (Å²) in [5, 5.41) is 4.73. The largest absolute Gasteiger partial charge is 0.366 e. The highest BCUT2D eigenvalue weighted by molar-refractivity contribution is 5.80. The molecule has 0 aliphatic carbocycles. The third-order valence-electron chi connectivity index (χ3n) is 4.21. The molecule has 0 bridgehead atoms. The smallest absolute Gasteiger partial charge is 0.225 e. The van der Waals surface area contributed by atoms with Crippen molar-refractivity contribution >= 4 is 22.7 Å². The number of anilines is 2. The lowest BCUT2D eigenvalue weighted by Crippen LogP contribution is -2.43. The summed E-state index contributed by atoms with van der Waals surface area (Å²) in [7, 11) is 0. The molecule has 3 heterocycles. The zero-order chi connectivity index (χ0) is 15.5. The van der Waals surface area contributed by atoms with E-state index in [1.165, 1.54) is 5.39 Å². The first kappa shape index (κ1) is 13.9. The van der Waals surface area contributed by atoms with Crippen molar-refractivity contribution < 1.29 is 0 Å². The lowest BCUT2D eigenvalue weighted by molar-refractivity contribution is 0.522. The second-order valence-electron chi connectivity index (χ2n) is 5.87. The number of rotatable bonds is 3. The number of nitrogens with one attached hydrogen (secondary N) is 1. The Kier molecular flexibility index (Phi) is 3.76. The Morgan fingerprint density at radius 2 is 1.87 bits per heavy atom. The van der Waals surface area contributed by atoms with Gasteiger partial charge in [-0.3, -0.25) is 0 Å². The topological polar surface area (TPSA) is 53.9 Å². The van der Waals surface area contributed by atoms with Crippen LogP contribution in [0.5, 0.6) is 0 Å². The molecule has 3 aromatic rings. The molecule has 5 heteroatoms. The highest BCUT2D eigenvalue weighted by Crippen LogP contribution is 2.20. The second-order valence-corrected chi connectivity index (χ2v) is 5.87. The molecular weight excluding hydrogens is 286 g/mol. The predicted octanol–water partition coefficient (Wildman–Crippen LogP) is 3.11. The molecule has 5 nitrogen and oxygen atoms in total. The van der Waals surface area contributed by atoms with Gasteiger partial charge >= 0.3 is 0 Å². The molecule has 0 radical (unpaired) electrons. The third kappa shape index (κ3) is 3.08. The Balaban J connectivity index is 1.49. The summed E-state index contributed by atoms with van der Waals surface area (Å²) in [6.45, 7) is 1.91. The zero-order valence-corrected chi connectivity index (χ0v) is 12.9. The molecule has 23 heavy (non-hydrogen) atoms. The quantitative estimate of drug-likeness (QED) is 0.806. The van der Waals surface area contributed by atoms with Crippen LogP contribution in [0.25, 0.3) is 10.9 Å². The molecule has 0 saturated carbocycles. The normalized spacial score (nSPS) is 18.1. The van der Waals surface area contributed by atoms with E-state index in [9.17, 15) is 0 Å². The fraction of sp³-hybridized carbons (Fsp3) is 0.278. The van der Waals surface area contributed by atoms with Gasteiger partial charge in [-0.2, -0.15) is 0 Å². The summed E-state index contributed by atoms with van der Waals surface area (Å²) in [6, 6.07) is 14.6. The molecule has 1 N–H and O–H groups in total. The SMILES string of the molecule is c1cnc(N2CCC[C@@H](Nc3ccc4ccccc4n3)C2)nc1. The Hall–Kier alpha value is -2.69. The maximum Gasteiger partial charge on any atom is 0.225 e. The van der Waals surface area contributed by atoms with Crippen LogP contribution in [0.3, 0.4) is 0 Å². The first-order valence-corrected chi connectivity index (χ1v) is 8.03. The molecule has 2 aromatic heterocycles. The van der Waals surface area contributed by atoms with Gasteiger partial charge in [0.25, 0.3) is 0 Å². The Morgan fingerprint density at radius 3 is 2.78 bits per heavy atom. The van der Waals surface area contributed by atoms with E-state index in [0.717, 1.165) is 43.2 Å². The van der Waals surface area contributed by atoms with E-state index in [-0.39, 0.29) is 0 Å². The van der Waals surface area contributed by atoms with Crippen LogP contribution in [-0.2, 0) is 0 Å². The number of pyridine rings is 1. The third-order valence-corrected chi connectivity index (χ3v) is 4.21. The fourth-order valence-electron chi connectivity index (χ4n) is 3.09. The zero-order valence-electron chi connectivity index (χ0n) is 12.9. The molecular formula is C18H19N5. The van der Waals surface area contributed by atoms with Gasteiger partial charge in [-0.25, -0.2) is 15.0 Å². The first-order valence-electron chi connectivity index (χ1n) is 8.03. The summed E-state index contributed by atoms with van der Waals surface area (Å²) < 4.78 is 0. The van der Waals surface area contributed by atoms with E-state index < -0.39 is 0 Å². The van der Waals surface area contributed by atoms with Crippen molar-refractivity contribution in [3.8, 4) is 0 Å². The van der Waals surface area contributed by atoms with Crippen molar-refractivity contribution in [2.75, 3.05) is 23.3 Å². The molecule has 0 amide bonds. The fourth-order valence-corrected chi connectivity index (χ4v) is 3.09. The standard InChI is InChI=1S/C18H19N5/c1-2-7-16-14(5-1)8-9-17(22-16)21-15-6-3-12-23(13-15)18-19-10-4-11-20-18/h1-2,4-5,7-11,15H,3,6,12-13H2,(H,21,22)/t15-/m1/s1. The minimum Gasteiger partial charge on any atom is -0.366 e. The number of benzene rings is 1. The molecule has 1 aromatic carbocycles. The molecule has 1 saturated heterocycles. The van der Waals surface area contributed by atoms with E-state index in [1.54, 1.807) is 12.4 Å². The van der Waals surface area contributed by atoms with Crippen LogP contribution in [0.15, 0.2) is 54.9 Å². The van der Waals surface area contributed by atoms with Crippen molar-refractivity contribution in [1.29, 1.82) is 0 Å². The molecule has 116 valence electrons. The molecule has 0 unspecified atom stereocenters. The minimum atomic E-state index is 0.362. The summed E-state index contributed by atoms with van der Waals surface area (Å²) in [4.78, 5) is 15.7. The summed E-state index contributed by atoms with van der Waals surface area (Å²) in [5.74, 6) is 1.75. The first-order chi connectivity index (χ1) is 11.4. The van der Waals surface area contributed by atoms with Gasteiger partial charge in [0, 0.05) is 36.9 Å². The number of nitrogens with zero attached hydrogens (tertiary/aromatic N) is 4. The molecule has 1 aliphatic rings. The van der Waals surface area contributed by atoms with Gasteiger partial charge in [-0.15, -0.1) is 0 Å². The average molecular weight is 305 g/mol. The van der Waals surface area contributed by atoms with Gasteiger partial charge in [0.15, 0.2) is 0 Å². The van der Waals surface area contributed by atoms with E-state index in [1.807, 2.05) is 24.3 Å². The molecule has 1 fully saturated rings. The van der Waals surface area contributed by atoms with Crippen molar-refractivity contribution in [1.82, 2.24) is 15.0 Å². The highest BCUT2D eigenvalue weighted by Gasteiger charge is 2.21. The van der Waals surface area contributed by atoms with Crippen molar-refractivity contribution in [3.63, 3.8) is 0 Å². The van der Waals surface area contributed by atoms with Crippen LogP contribution in [0, 0.1) is 0 Å². The van der Waals surface area contributed by atoms with E-state index >= 15 is 0 Å². The van der Waals surface area contributed by atoms with Crippen LogP contribution < -0.4 is 10.2 Å².